The van der Waals surface area contributed by atoms with E-state index in [1.165, 1.54) is 0 Å². The van der Waals surface area contributed by atoms with Gasteiger partial charge in [0.25, 0.3) is 0 Å². The van der Waals surface area contributed by atoms with Crippen LogP contribution in [0.5, 0.6) is 0 Å². The normalized spacial score (nSPS) is 20.7. The van der Waals surface area contributed by atoms with Crippen LogP contribution in [0.1, 0.15) is 39.3 Å². The van der Waals surface area contributed by atoms with Crippen LogP contribution in [0.25, 0.3) is 0 Å². The molecule has 3 N–H and O–H groups in total. The van der Waals surface area contributed by atoms with Crippen LogP contribution in [0.2, 0.25) is 0 Å². The van der Waals surface area contributed by atoms with Gasteiger partial charge in [-0.1, -0.05) is 24.3 Å². The molecule has 1 aliphatic heterocycles. The van der Waals surface area contributed by atoms with Gasteiger partial charge in [0.2, 0.25) is 0 Å². The van der Waals surface area contributed by atoms with E-state index in [0.29, 0.717) is 5.56 Å². The van der Waals surface area contributed by atoms with Crippen LogP contribution in [-0.2, 0) is 9.31 Å². The van der Waals surface area contributed by atoms with Gasteiger partial charge >= 0.3 is 13.2 Å². The summed E-state index contributed by atoms with van der Waals surface area (Å²) in [7, 11) is -0.459. The van der Waals surface area contributed by atoms with Crippen molar-refractivity contribution in [2.45, 2.75) is 44.9 Å². The van der Waals surface area contributed by atoms with Gasteiger partial charge in [-0.15, -0.1) is 0 Å². The fraction of sp³-hybridized carbons (Fsp3) is 0.533. The Morgan fingerprint density at radius 2 is 1.68 bits per heavy atom. The third-order valence-corrected chi connectivity index (χ3v) is 4.34. The standard InChI is InChI=1S/C15H22BNO5/c1-14(2)15(3,4)22-16(21-14)11-7-5-10(6-8-11)12(9-18)17-13(19)20/h5-8,12,17-18H,9H2,1-4H3,(H,19,20)/t12-/m0/s1. The van der Waals surface area contributed by atoms with Crippen molar-refractivity contribution in [1.29, 1.82) is 0 Å². The summed E-state index contributed by atoms with van der Waals surface area (Å²) in [4.78, 5) is 10.7. The molecule has 1 atom stereocenters. The van der Waals surface area contributed by atoms with Crippen LogP contribution < -0.4 is 10.8 Å². The molecule has 1 aromatic carbocycles. The molecule has 1 heterocycles. The Kier molecular flexibility index (Phi) is 4.51. The predicted octanol–water partition coefficient (Wildman–Crippen LogP) is 1.29. The van der Waals surface area contributed by atoms with E-state index in [4.69, 9.17) is 14.4 Å². The van der Waals surface area contributed by atoms with Crippen molar-refractivity contribution in [3.63, 3.8) is 0 Å². The van der Waals surface area contributed by atoms with E-state index in [9.17, 15) is 9.90 Å². The number of amides is 1. The van der Waals surface area contributed by atoms with E-state index in [0.717, 1.165) is 5.46 Å². The smallest absolute Gasteiger partial charge is 0.465 e. The Labute approximate surface area is 130 Å². The summed E-state index contributed by atoms with van der Waals surface area (Å²) in [6.07, 6.45) is -1.17. The molecule has 0 spiro atoms. The minimum atomic E-state index is -1.17. The Bertz CT molecular complexity index is 527. The van der Waals surface area contributed by atoms with Gasteiger partial charge in [0.1, 0.15) is 0 Å². The molecule has 22 heavy (non-hydrogen) atoms. The fourth-order valence-electron chi connectivity index (χ4n) is 2.25. The Morgan fingerprint density at radius 3 is 2.09 bits per heavy atom. The van der Waals surface area contributed by atoms with Gasteiger partial charge in [0.15, 0.2) is 0 Å². The Hall–Kier alpha value is -1.57. The maximum Gasteiger partial charge on any atom is 0.494 e. The number of rotatable bonds is 4. The second-order valence-electron chi connectivity index (χ2n) is 6.44. The molecule has 2 rings (SSSR count). The highest BCUT2D eigenvalue weighted by Gasteiger charge is 2.51. The highest BCUT2D eigenvalue weighted by Crippen LogP contribution is 2.36. The topological polar surface area (TPSA) is 88.0 Å². The summed E-state index contributed by atoms with van der Waals surface area (Å²) in [6.45, 7) is 7.64. The monoisotopic (exact) mass is 307 g/mol. The van der Waals surface area contributed by atoms with Crippen LogP contribution >= 0.6 is 0 Å². The van der Waals surface area contributed by atoms with Crippen molar-refractivity contribution >= 4 is 18.7 Å². The largest absolute Gasteiger partial charge is 0.494 e. The minimum Gasteiger partial charge on any atom is -0.465 e. The molecule has 0 radical (unpaired) electrons. The van der Waals surface area contributed by atoms with Gasteiger partial charge in [-0.2, -0.15) is 0 Å². The number of aliphatic hydroxyl groups is 1. The molecule has 0 aromatic heterocycles. The van der Waals surface area contributed by atoms with Crippen molar-refractivity contribution in [3.8, 4) is 0 Å². The molecule has 1 aromatic rings. The van der Waals surface area contributed by atoms with Gasteiger partial charge in [-0.25, -0.2) is 4.79 Å². The molecule has 1 saturated heterocycles. The first kappa shape index (κ1) is 16.8. The lowest BCUT2D eigenvalue weighted by Gasteiger charge is -2.32. The molecule has 120 valence electrons. The van der Waals surface area contributed by atoms with Crippen LogP contribution in [0.3, 0.4) is 0 Å². The SMILES string of the molecule is CC1(C)OB(c2ccc([C@H](CO)NC(=O)O)cc2)OC1(C)C. The van der Waals surface area contributed by atoms with Crippen molar-refractivity contribution in [3.05, 3.63) is 29.8 Å². The highest BCUT2D eigenvalue weighted by atomic mass is 16.7. The fourth-order valence-corrected chi connectivity index (χ4v) is 2.25. The maximum atomic E-state index is 10.7. The van der Waals surface area contributed by atoms with Crippen LogP contribution in [0.15, 0.2) is 24.3 Å². The molecule has 6 nitrogen and oxygen atoms in total. The number of aliphatic hydroxyl groups excluding tert-OH is 1. The average molecular weight is 307 g/mol. The third-order valence-electron chi connectivity index (χ3n) is 4.34. The minimum absolute atomic E-state index is 0.303. The van der Waals surface area contributed by atoms with Gasteiger partial charge in [-0.05, 0) is 38.7 Å². The molecule has 0 unspecified atom stereocenters. The molecule has 0 saturated carbocycles. The van der Waals surface area contributed by atoms with Crippen molar-refractivity contribution < 1.29 is 24.3 Å². The number of hydrogen-bond acceptors (Lipinski definition) is 4. The molecular weight excluding hydrogens is 285 g/mol. The first-order valence-electron chi connectivity index (χ1n) is 7.22. The van der Waals surface area contributed by atoms with Crippen LogP contribution in [0, 0.1) is 0 Å². The summed E-state index contributed by atoms with van der Waals surface area (Å²) in [5.74, 6) is 0. The number of benzene rings is 1. The van der Waals surface area contributed by atoms with Gasteiger partial charge in [0, 0.05) is 0 Å². The summed E-state index contributed by atoms with van der Waals surface area (Å²) in [5, 5.41) is 20.3. The molecule has 1 amide bonds. The maximum absolute atomic E-state index is 10.7. The summed E-state index contributed by atoms with van der Waals surface area (Å²) < 4.78 is 11.9. The number of carbonyl (C=O) groups is 1. The zero-order valence-electron chi connectivity index (χ0n) is 13.3. The average Bonchev–Trinajstić information content (AvgIpc) is 2.65. The Balaban J connectivity index is 2.15. The summed E-state index contributed by atoms with van der Waals surface area (Å²) >= 11 is 0. The first-order valence-corrected chi connectivity index (χ1v) is 7.22. The van der Waals surface area contributed by atoms with Crippen molar-refractivity contribution in [1.82, 2.24) is 5.32 Å². The zero-order chi connectivity index (χ0) is 16.5. The van der Waals surface area contributed by atoms with Crippen LogP contribution in [0.4, 0.5) is 4.79 Å². The van der Waals surface area contributed by atoms with Crippen LogP contribution in [-0.4, -0.2) is 41.2 Å². The molecular formula is C15H22BNO5. The highest BCUT2D eigenvalue weighted by molar-refractivity contribution is 6.62. The number of hydrogen-bond donors (Lipinski definition) is 3. The predicted molar refractivity (Wildman–Crippen MR) is 83.1 cm³/mol. The summed E-state index contributed by atoms with van der Waals surface area (Å²) in [5.41, 5.74) is 0.725. The molecule has 0 aliphatic carbocycles. The van der Waals surface area contributed by atoms with Gasteiger partial charge in [-0.3, -0.25) is 0 Å². The third kappa shape index (κ3) is 3.26. The van der Waals surface area contributed by atoms with Crippen molar-refractivity contribution in [2.24, 2.45) is 0 Å². The molecule has 7 heteroatoms. The van der Waals surface area contributed by atoms with E-state index in [1.807, 2.05) is 39.8 Å². The molecule has 1 fully saturated rings. The summed E-state index contributed by atoms with van der Waals surface area (Å²) in [6, 6.07) is 6.52. The van der Waals surface area contributed by atoms with Gasteiger partial charge < -0.3 is 24.8 Å². The van der Waals surface area contributed by atoms with Crippen molar-refractivity contribution in [2.75, 3.05) is 6.61 Å². The molecule has 0 bridgehead atoms. The van der Waals surface area contributed by atoms with Gasteiger partial charge in [0.05, 0.1) is 23.9 Å². The second kappa shape index (κ2) is 5.91. The van der Waals surface area contributed by atoms with E-state index in [2.05, 4.69) is 5.32 Å². The number of nitrogens with one attached hydrogen (secondary N) is 1. The molecule has 1 aliphatic rings. The Morgan fingerprint density at radius 1 is 1.18 bits per heavy atom. The lowest BCUT2D eigenvalue weighted by Crippen LogP contribution is -2.41. The zero-order valence-corrected chi connectivity index (χ0v) is 13.3. The van der Waals surface area contributed by atoms with E-state index < -0.39 is 30.5 Å². The number of carboxylic acid groups (broad SMARTS) is 1. The van der Waals surface area contributed by atoms with E-state index in [-0.39, 0.29) is 6.61 Å². The first-order chi connectivity index (χ1) is 10.2. The quantitative estimate of drug-likeness (QED) is 0.730. The lowest BCUT2D eigenvalue weighted by molar-refractivity contribution is 0.00578. The second-order valence-corrected chi connectivity index (χ2v) is 6.44. The van der Waals surface area contributed by atoms with E-state index in [1.54, 1.807) is 12.1 Å². The lowest BCUT2D eigenvalue weighted by atomic mass is 9.78. The van der Waals surface area contributed by atoms with E-state index >= 15 is 0 Å².